The summed E-state index contributed by atoms with van der Waals surface area (Å²) in [6.07, 6.45) is -5.36. The molecule has 2 rings (SSSR count). The molecule has 116 valence electrons. The zero-order valence-corrected chi connectivity index (χ0v) is 12.4. The molecule has 0 N–H and O–H groups in total. The van der Waals surface area contributed by atoms with Crippen LogP contribution in [0.5, 0.6) is 0 Å². The molecule has 1 aliphatic rings. The topological polar surface area (TPSA) is 20.3 Å². The van der Waals surface area contributed by atoms with Crippen LogP contribution in [0.25, 0.3) is 0 Å². The Morgan fingerprint density at radius 1 is 1.14 bits per heavy atom. The van der Waals surface area contributed by atoms with E-state index in [4.69, 9.17) is 0 Å². The van der Waals surface area contributed by atoms with Gasteiger partial charge in [0, 0.05) is 12.2 Å². The Hall–Kier alpha value is -1.52. The minimum absolute atomic E-state index is 0.00417. The molecule has 2 atom stereocenters. The molecule has 2 nitrogen and oxygen atoms in total. The second-order valence-electron chi connectivity index (χ2n) is 6.46. The van der Waals surface area contributed by atoms with Crippen LogP contribution in [0.1, 0.15) is 32.8 Å². The van der Waals surface area contributed by atoms with E-state index in [0.29, 0.717) is 5.69 Å². The van der Waals surface area contributed by atoms with Gasteiger partial charge in [0.25, 0.3) is 6.43 Å². The molecule has 1 heterocycles. The van der Waals surface area contributed by atoms with Crippen LogP contribution in [0.2, 0.25) is 0 Å². The van der Waals surface area contributed by atoms with Gasteiger partial charge in [0.1, 0.15) is 0 Å². The predicted octanol–water partition coefficient (Wildman–Crippen LogP) is 3.94. The van der Waals surface area contributed by atoms with Crippen molar-refractivity contribution in [3.8, 4) is 0 Å². The molecule has 0 bridgehead atoms. The van der Waals surface area contributed by atoms with Gasteiger partial charge in [-0.25, -0.2) is 13.2 Å². The molecular formula is C16H20F3NO. The lowest BCUT2D eigenvalue weighted by atomic mass is 9.87. The number of benzene rings is 1. The van der Waals surface area contributed by atoms with Gasteiger partial charge < -0.3 is 4.90 Å². The Morgan fingerprint density at radius 3 is 2.19 bits per heavy atom. The van der Waals surface area contributed by atoms with Gasteiger partial charge in [-0.2, -0.15) is 0 Å². The van der Waals surface area contributed by atoms with Gasteiger partial charge in [-0.05, 0) is 29.5 Å². The van der Waals surface area contributed by atoms with Gasteiger partial charge in [-0.3, -0.25) is 4.79 Å². The quantitative estimate of drug-likeness (QED) is 0.828. The first-order chi connectivity index (χ1) is 9.71. The Kier molecular flexibility index (Phi) is 4.30. The van der Waals surface area contributed by atoms with E-state index in [0.717, 1.165) is 5.56 Å². The second kappa shape index (κ2) is 5.70. The number of alkyl halides is 3. The van der Waals surface area contributed by atoms with Gasteiger partial charge in [0.05, 0.1) is 5.92 Å². The summed E-state index contributed by atoms with van der Waals surface area (Å²) in [4.78, 5) is 13.5. The van der Waals surface area contributed by atoms with Crippen LogP contribution in [0.15, 0.2) is 24.3 Å². The highest BCUT2D eigenvalue weighted by molar-refractivity contribution is 5.97. The highest BCUT2D eigenvalue weighted by Gasteiger charge is 2.42. The highest BCUT2D eigenvalue weighted by Crippen LogP contribution is 2.32. The first kappa shape index (κ1) is 15.9. The van der Waals surface area contributed by atoms with E-state index in [1.54, 1.807) is 12.1 Å². The standard InChI is InChI=1S/C16H20F3NO/c1-16(2,3)10-4-6-11(7-5-10)20-9-8-12(15(20)21)13(17)14(18)19/h4-7,12-14H,8-9H2,1-3H3. The summed E-state index contributed by atoms with van der Waals surface area (Å²) >= 11 is 0. The lowest BCUT2D eigenvalue weighted by Crippen LogP contribution is -2.33. The molecule has 0 saturated carbocycles. The number of hydrogen-bond acceptors (Lipinski definition) is 1. The van der Waals surface area contributed by atoms with E-state index in [1.165, 1.54) is 4.90 Å². The minimum Gasteiger partial charge on any atom is -0.312 e. The predicted molar refractivity (Wildman–Crippen MR) is 76.5 cm³/mol. The summed E-state index contributed by atoms with van der Waals surface area (Å²) in [5.41, 5.74) is 1.75. The molecule has 1 aromatic carbocycles. The van der Waals surface area contributed by atoms with Gasteiger partial charge >= 0.3 is 0 Å². The molecule has 2 unspecified atom stereocenters. The van der Waals surface area contributed by atoms with Gasteiger partial charge in [0.15, 0.2) is 6.17 Å². The fourth-order valence-corrected chi connectivity index (χ4v) is 2.57. The van der Waals surface area contributed by atoms with E-state index >= 15 is 0 Å². The fourth-order valence-electron chi connectivity index (χ4n) is 2.57. The Labute approximate surface area is 122 Å². The Morgan fingerprint density at radius 2 is 1.71 bits per heavy atom. The number of halogens is 3. The molecular weight excluding hydrogens is 279 g/mol. The molecule has 1 aliphatic heterocycles. The molecule has 0 aromatic heterocycles. The largest absolute Gasteiger partial charge is 0.312 e. The van der Waals surface area contributed by atoms with Crippen LogP contribution in [0.3, 0.4) is 0 Å². The number of amides is 1. The molecule has 0 aliphatic carbocycles. The average molecular weight is 299 g/mol. The number of nitrogens with zero attached hydrogens (tertiary/aromatic N) is 1. The van der Waals surface area contributed by atoms with Crippen LogP contribution >= 0.6 is 0 Å². The smallest absolute Gasteiger partial charge is 0.270 e. The molecule has 1 aromatic rings. The van der Waals surface area contributed by atoms with Crippen molar-refractivity contribution >= 4 is 11.6 Å². The maximum atomic E-state index is 13.4. The van der Waals surface area contributed by atoms with Crippen LogP contribution in [-0.4, -0.2) is 25.0 Å². The van der Waals surface area contributed by atoms with Crippen molar-refractivity contribution in [1.82, 2.24) is 0 Å². The van der Waals surface area contributed by atoms with Crippen molar-refractivity contribution < 1.29 is 18.0 Å². The van der Waals surface area contributed by atoms with E-state index < -0.39 is 24.4 Å². The molecule has 1 amide bonds. The van der Waals surface area contributed by atoms with Crippen LogP contribution in [-0.2, 0) is 10.2 Å². The van der Waals surface area contributed by atoms with E-state index in [-0.39, 0.29) is 18.4 Å². The maximum absolute atomic E-state index is 13.4. The summed E-state index contributed by atoms with van der Waals surface area (Å²) < 4.78 is 38.2. The first-order valence-electron chi connectivity index (χ1n) is 7.06. The Bertz CT molecular complexity index is 507. The molecule has 21 heavy (non-hydrogen) atoms. The van der Waals surface area contributed by atoms with Crippen LogP contribution < -0.4 is 4.90 Å². The third-order valence-corrected chi connectivity index (χ3v) is 3.92. The number of carbonyl (C=O) groups is 1. The number of rotatable bonds is 3. The van der Waals surface area contributed by atoms with Crippen molar-refractivity contribution in [3.63, 3.8) is 0 Å². The van der Waals surface area contributed by atoms with Crippen molar-refractivity contribution in [2.24, 2.45) is 5.92 Å². The number of hydrogen-bond donors (Lipinski definition) is 0. The average Bonchev–Trinajstić information content (AvgIpc) is 2.78. The Balaban J connectivity index is 2.15. The normalized spacial score (nSPS) is 21.2. The summed E-state index contributed by atoms with van der Waals surface area (Å²) in [7, 11) is 0. The van der Waals surface area contributed by atoms with Crippen molar-refractivity contribution in [1.29, 1.82) is 0 Å². The van der Waals surface area contributed by atoms with Crippen molar-refractivity contribution in [2.75, 3.05) is 11.4 Å². The first-order valence-corrected chi connectivity index (χ1v) is 7.06. The minimum atomic E-state index is -3.11. The lowest BCUT2D eigenvalue weighted by molar-refractivity contribution is -0.124. The van der Waals surface area contributed by atoms with Crippen LogP contribution in [0.4, 0.5) is 18.9 Å². The van der Waals surface area contributed by atoms with E-state index in [9.17, 15) is 18.0 Å². The summed E-state index contributed by atoms with van der Waals surface area (Å²) in [5, 5.41) is 0. The SMILES string of the molecule is CC(C)(C)c1ccc(N2CCC(C(F)C(F)F)C2=O)cc1. The van der Waals surface area contributed by atoms with Crippen LogP contribution in [0, 0.1) is 5.92 Å². The molecule has 5 heteroatoms. The molecule has 1 saturated heterocycles. The number of anilines is 1. The highest BCUT2D eigenvalue weighted by atomic mass is 19.3. The van der Waals surface area contributed by atoms with E-state index in [1.807, 2.05) is 12.1 Å². The fraction of sp³-hybridized carbons (Fsp3) is 0.562. The third kappa shape index (κ3) is 3.22. The summed E-state index contributed by atoms with van der Waals surface area (Å²) in [6.45, 7) is 6.52. The summed E-state index contributed by atoms with van der Waals surface area (Å²) in [5.74, 6) is -1.78. The third-order valence-electron chi connectivity index (χ3n) is 3.92. The van der Waals surface area contributed by atoms with E-state index in [2.05, 4.69) is 20.8 Å². The van der Waals surface area contributed by atoms with Gasteiger partial charge in [0.2, 0.25) is 5.91 Å². The zero-order chi connectivity index (χ0) is 15.8. The zero-order valence-electron chi connectivity index (χ0n) is 12.4. The van der Waals surface area contributed by atoms with Crippen molar-refractivity contribution in [2.45, 2.75) is 45.2 Å². The number of carbonyl (C=O) groups excluding carboxylic acids is 1. The molecule has 0 radical (unpaired) electrons. The molecule has 1 fully saturated rings. The van der Waals surface area contributed by atoms with Crippen molar-refractivity contribution in [3.05, 3.63) is 29.8 Å². The summed E-state index contributed by atoms with van der Waals surface area (Å²) in [6, 6.07) is 7.40. The second-order valence-corrected chi connectivity index (χ2v) is 6.46. The molecule has 0 spiro atoms. The maximum Gasteiger partial charge on any atom is 0.270 e. The van der Waals surface area contributed by atoms with Gasteiger partial charge in [-0.15, -0.1) is 0 Å². The lowest BCUT2D eigenvalue weighted by Gasteiger charge is -2.22. The monoisotopic (exact) mass is 299 g/mol. The van der Waals surface area contributed by atoms with Gasteiger partial charge in [-0.1, -0.05) is 32.9 Å².